The van der Waals surface area contributed by atoms with Gasteiger partial charge in [-0.05, 0) is 13.0 Å². The van der Waals surface area contributed by atoms with Gasteiger partial charge in [-0.1, -0.05) is 6.58 Å². The number of hydrogen-bond donors (Lipinski definition) is 1. The second kappa shape index (κ2) is 3.46. The Hall–Kier alpha value is -1.56. The van der Waals surface area contributed by atoms with Crippen molar-refractivity contribution >= 4 is 5.97 Å². The summed E-state index contributed by atoms with van der Waals surface area (Å²) in [5.74, 6) is -1.03. The van der Waals surface area contributed by atoms with Gasteiger partial charge in [0, 0.05) is 11.1 Å². The fourth-order valence-electron chi connectivity index (χ4n) is 0.355. The molecule has 0 rings (SSSR count). The smallest absolute Gasteiger partial charge is 0.331 e. The number of allylic oxidation sites excluding steroid dienone is 2. The Labute approximate surface area is 58.9 Å². The Morgan fingerprint density at radius 1 is 1.80 bits per heavy atom. The molecule has 1 N–H and O–H groups in total. The number of carboxylic acid groups (broad SMARTS) is 1. The highest BCUT2D eigenvalue weighted by atomic mass is 16.4. The Morgan fingerprint density at radius 3 is 2.60 bits per heavy atom. The van der Waals surface area contributed by atoms with E-state index in [0.29, 0.717) is 0 Å². The van der Waals surface area contributed by atoms with E-state index >= 15 is 0 Å². The first-order valence-corrected chi connectivity index (χ1v) is 2.58. The van der Waals surface area contributed by atoms with Crippen LogP contribution in [0.15, 0.2) is 23.8 Å². The van der Waals surface area contributed by atoms with Crippen LogP contribution in [-0.2, 0) is 4.79 Å². The van der Waals surface area contributed by atoms with Crippen LogP contribution in [0.2, 0.25) is 0 Å². The van der Waals surface area contributed by atoms with Gasteiger partial charge in [0.2, 0.25) is 0 Å². The Balaban J connectivity index is 4.35. The van der Waals surface area contributed by atoms with E-state index in [1.54, 1.807) is 6.07 Å². The summed E-state index contributed by atoms with van der Waals surface area (Å²) in [4.78, 5) is 10.1. The van der Waals surface area contributed by atoms with Gasteiger partial charge in [0.15, 0.2) is 0 Å². The first kappa shape index (κ1) is 8.44. The highest BCUT2D eigenvalue weighted by Gasteiger charge is 1.98. The molecular weight excluding hydrogens is 130 g/mol. The number of carbonyl (C=O) groups is 1. The third kappa shape index (κ3) is 2.68. The van der Waals surface area contributed by atoms with Gasteiger partial charge in [0.1, 0.15) is 0 Å². The van der Waals surface area contributed by atoms with Crippen LogP contribution in [0, 0.1) is 11.3 Å². The van der Waals surface area contributed by atoms with Crippen molar-refractivity contribution in [2.24, 2.45) is 0 Å². The topological polar surface area (TPSA) is 61.1 Å². The number of nitriles is 1. The molecule has 0 fully saturated rings. The molecule has 0 spiro atoms. The largest absolute Gasteiger partial charge is 0.478 e. The molecular formula is C7H7NO2. The summed E-state index contributed by atoms with van der Waals surface area (Å²) in [6.07, 6.45) is 1.22. The molecule has 52 valence electrons. The number of hydrogen-bond acceptors (Lipinski definition) is 2. The van der Waals surface area contributed by atoms with Gasteiger partial charge in [-0.2, -0.15) is 5.26 Å². The molecule has 0 saturated heterocycles. The summed E-state index contributed by atoms with van der Waals surface area (Å²) in [5.41, 5.74) is 0.270. The molecule has 0 amide bonds. The highest BCUT2D eigenvalue weighted by Crippen LogP contribution is 1.97. The van der Waals surface area contributed by atoms with Crippen LogP contribution in [0.5, 0.6) is 0 Å². The lowest BCUT2D eigenvalue weighted by molar-refractivity contribution is -0.132. The predicted octanol–water partition coefficient (Wildman–Crippen LogP) is 1.10. The van der Waals surface area contributed by atoms with E-state index in [4.69, 9.17) is 10.4 Å². The van der Waals surface area contributed by atoms with Crippen LogP contribution in [0.1, 0.15) is 6.92 Å². The fourth-order valence-corrected chi connectivity index (χ4v) is 0.355. The molecule has 10 heavy (non-hydrogen) atoms. The van der Waals surface area contributed by atoms with Crippen LogP contribution in [-0.4, -0.2) is 11.1 Å². The average Bonchev–Trinajstić information content (AvgIpc) is 1.87. The van der Waals surface area contributed by atoms with Crippen molar-refractivity contribution in [3.8, 4) is 6.07 Å². The van der Waals surface area contributed by atoms with Gasteiger partial charge >= 0.3 is 5.97 Å². The fraction of sp³-hybridized carbons (Fsp3) is 0.143. The second-order valence-electron chi connectivity index (χ2n) is 1.77. The molecule has 0 saturated carbocycles. The van der Waals surface area contributed by atoms with Crippen molar-refractivity contribution in [3.05, 3.63) is 23.8 Å². The minimum atomic E-state index is -1.03. The molecule has 3 heteroatoms. The quantitative estimate of drug-likeness (QED) is 0.352. The van der Waals surface area contributed by atoms with Crippen molar-refractivity contribution in [1.82, 2.24) is 0 Å². The molecule has 0 heterocycles. The minimum Gasteiger partial charge on any atom is -0.478 e. The molecule has 0 bridgehead atoms. The third-order valence-corrected chi connectivity index (χ3v) is 0.872. The number of nitrogens with zero attached hydrogens (tertiary/aromatic N) is 1. The molecule has 0 aliphatic heterocycles. The van der Waals surface area contributed by atoms with E-state index in [-0.39, 0.29) is 11.1 Å². The molecule has 0 radical (unpaired) electrons. The second-order valence-corrected chi connectivity index (χ2v) is 1.77. The average molecular weight is 137 g/mol. The van der Waals surface area contributed by atoms with Gasteiger partial charge in [-0.25, -0.2) is 4.79 Å². The molecule has 0 aliphatic rings. The van der Waals surface area contributed by atoms with Gasteiger partial charge in [0.05, 0.1) is 6.07 Å². The van der Waals surface area contributed by atoms with Crippen LogP contribution in [0.4, 0.5) is 0 Å². The predicted molar refractivity (Wildman–Crippen MR) is 36.1 cm³/mol. The minimum absolute atomic E-state index is 0.117. The van der Waals surface area contributed by atoms with Gasteiger partial charge in [-0.15, -0.1) is 0 Å². The van der Waals surface area contributed by atoms with Crippen molar-refractivity contribution in [2.45, 2.75) is 6.92 Å². The van der Waals surface area contributed by atoms with Crippen LogP contribution in [0.25, 0.3) is 0 Å². The molecule has 0 aromatic carbocycles. The zero-order valence-corrected chi connectivity index (χ0v) is 5.59. The lowest BCUT2D eigenvalue weighted by Gasteiger charge is -1.88. The summed E-state index contributed by atoms with van der Waals surface area (Å²) < 4.78 is 0. The standard InChI is InChI=1S/C7H7NO2/c1-5(4-8)3-6(2)7(9)10/h3H,1H2,2H3,(H,9,10). The molecule has 0 unspecified atom stereocenters. The van der Waals surface area contributed by atoms with Crippen LogP contribution < -0.4 is 0 Å². The van der Waals surface area contributed by atoms with E-state index in [2.05, 4.69) is 6.58 Å². The summed E-state index contributed by atoms with van der Waals surface area (Å²) in [5, 5.41) is 16.5. The van der Waals surface area contributed by atoms with Crippen molar-refractivity contribution in [2.75, 3.05) is 0 Å². The van der Waals surface area contributed by atoms with E-state index in [1.807, 2.05) is 0 Å². The first-order valence-electron chi connectivity index (χ1n) is 2.58. The van der Waals surface area contributed by atoms with E-state index in [9.17, 15) is 4.79 Å². The van der Waals surface area contributed by atoms with E-state index in [0.717, 1.165) is 0 Å². The normalized spacial score (nSPS) is 10.2. The SMILES string of the molecule is C=C(C#N)C=C(C)C(=O)O. The maximum atomic E-state index is 10.1. The third-order valence-electron chi connectivity index (χ3n) is 0.872. The lowest BCUT2D eigenvalue weighted by Crippen LogP contribution is -1.95. The summed E-state index contributed by atoms with van der Waals surface area (Å²) >= 11 is 0. The zero-order valence-electron chi connectivity index (χ0n) is 5.59. The first-order chi connectivity index (χ1) is 4.57. The monoisotopic (exact) mass is 137 g/mol. The zero-order chi connectivity index (χ0) is 8.15. The number of rotatable bonds is 2. The van der Waals surface area contributed by atoms with Gasteiger partial charge in [0.25, 0.3) is 0 Å². The Kier molecular flexibility index (Phi) is 2.92. The number of aliphatic carboxylic acids is 1. The number of carboxylic acids is 1. The summed E-state index contributed by atoms with van der Waals surface area (Å²) in [6, 6.07) is 1.72. The van der Waals surface area contributed by atoms with E-state index in [1.165, 1.54) is 13.0 Å². The lowest BCUT2D eigenvalue weighted by atomic mass is 10.2. The molecule has 0 atom stereocenters. The summed E-state index contributed by atoms with van der Waals surface area (Å²) in [7, 11) is 0. The van der Waals surface area contributed by atoms with Crippen molar-refractivity contribution in [3.63, 3.8) is 0 Å². The van der Waals surface area contributed by atoms with E-state index < -0.39 is 5.97 Å². The highest BCUT2D eigenvalue weighted by molar-refractivity contribution is 5.86. The molecule has 0 aliphatic carbocycles. The van der Waals surface area contributed by atoms with Gasteiger partial charge < -0.3 is 5.11 Å². The van der Waals surface area contributed by atoms with Crippen molar-refractivity contribution in [1.29, 1.82) is 5.26 Å². The van der Waals surface area contributed by atoms with Crippen molar-refractivity contribution < 1.29 is 9.90 Å². The molecule has 3 nitrogen and oxygen atoms in total. The summed E-state index contributed by atoms with van der Waals surface area (Å²) in [6.45, 7) is 4.70. The molecule has 0 aromatic heterocycles. The molecule has 0 aromatic rings. The Morgan fingerprint density at radius 2 is 2.30 bits per heavy atom. The maximum Gasteiger partial charge on any atom is 0.331 e. The van der Waals surface area contributed by atoms with Crippen LogP contribution >= 0.6 is 0 Å². The van der Waals surface area contributed by atoms with Gasteiger partial charge in [-0.3, -0.25) is 0 Å². The maximum absolute atomic E-state index is 10.1. The van der Waals surface area contributed by atoms with Crippen LogP contribution in [0.3, 0.4) is 0 Å². The Bertz CT molecular complexity index is 232.